The van der Waals surface area contributed by atoms with Crippen molar-refractivity contribution in [2.45, 2.75) is 31.7 Å². The largest absolute Gasteiger partial charge is 0.486 e. The molecule has 4 rings (SSSR count). The number of carbonyl (C=O) groups is 1. The van der Waals surface area contributed by atoms with Crippen molar-refractivity contribution >= 4 is 34.6 Å². The van der Waals surface area contributed by atoms with E-state index in [9.17, 15) is 23.1 Å². The van der Waals surface area contributed by atoms with Crippen LogP contribution in [-0.2, 0) is 11.0 Å². The predicted molar refractivity (Wildman–Crippen MR) is 116 cm³/mol. The number of hydrogen-bond acceptors (Lipinski definition) is 6. The van der Waals surface area contributed by atoms with Gasteiger partial charge < -0.3 is 19.5 Å². The Bertz CT molecular complexity index is 1190. The molecule has 1 N–H and O–H groups in total. The summed E-state index contributed by atoms with van der Waals surface area (Å²) in [5, 5.41) is 18.4. The van der Waals surface area contributed by atoms with Crippen molar-refractivity contribution in [3.8, 4) is 17.6 Å². The zero-order chi connectivity index (χ0) is 24.1. The van der Waals surface area contributed by atoms with Gasteiger partial charge in [0.15, 0.2) is 22.7 Å². The smallest absolute Gasteiger partial charge is 0.417 e. The van der Waals surface area contributed by atoms with Crippen molar-refractivity contribution in [1.29, 1.82) is 5.26 Å². The van der Waals surface area contributed by atoms with Crippen LogP contribution in [0.15, 0.2) is 36.4 Å². The second kappa shape index (κ2) is 7.90. The molecule has 1 atom stereocenters. The number of carbonyl (C=O) groups excluding carboxylic acids is 1. The lowest BCUT2D eigenvalue weighted by Gasteiger charge is -2.31. The molecule has 0 saturated carbocycles. The summed E-state index contributed by atoms with van der Waals surface area (Å²) in [6, 6.07) is 9.43. The molecule has 2 aliphatic rings. The molecular weight excluding hydrogens is 459 g/mol. The summed E-state index contributed by atoms with van der Waals surface area (Å²) < 4.78 is 51.7. The molecule has 172 valence electrons. The first-order valence-corrected chi connectivity index (χ1v) is 10.2. The van der Waals surface area contributed by atoms with Gasteiger partial charge in [-0.25, -0.2) is 0 Å². The highest BCUT2D eigenvalue weighted by Gasteiger charge is 2.51. The van der Waals surface area contributed by atoms with Gasteiger partial charge >= 0.3 is 6.18 Å². The standard InChI is InChI=1S/C22H18F3N3O4S/c1-21(2)19(30)27(13-4-3-12(9-26)16(7-13)22(23,24)25)20(33)28(21)14-5-6-17-18(8-14)32-15(10-29)11-31-17/h3-8,15,29H,10-11H2,1-2H3/t15-/m1/s1. The van der Waals surface area contributed by atoms with Gasteiger partial charge in [0.05, 0.1) is 29.5 Å². The van der Waals surface area contributed by atoms with Crippen LogP contribution in [0.5, 0.6) is 11.5 Å². The lowest BCUT2D eigenvalue weighted by atomic mass is 10.0. The maximum atomic E-state index is 13.5. The SMILES string of the molecule is CC1(C)C(=O)N(c2ccc(C#N)c(C(F)(F)F)c2)C(=S)N1c1ccc2c(c1)O[C@H](CO)CO2. The number of nitrogens with zero attached hydrogens (tertiary/aromatic N) is 3. The molecule has 0 aliphatic carbocycles. The van der Waals surface area contributed by atoms with Gasteiger partial charge in [0.25, 0.3) is 5.91 Å². The summed E-state index contributed by atoms with van der Waals surface area (Å²) in [5.74, 6) is 0.268. The number of thiocarbonyl (C=S) groups is 1. The van der Waals surface area contributed by atoms with Gasteiger partial charge in [0.2, 0.25) is 0 Å². The fourth-order valence-corrected chi connectivity index (χ4v) is 4.31. The van der Waals surface area contributed by atoms with Gasteiger partial charge in [-0.3, -0.25) is 9.69 Å². The summed E-state index contributed by atoms with van der Waals surface area (Å²) in [6.45, 7) is 3.14. The van der Waals surface area contributed by atoms with Crippen molar-refractivity contribution < 1.29 is 32.5 Å². The van der Waals surface area contributed by atoms with E-state index in [2.05, 4.69) is 0 Å². The summed E-state index contributed by atoms with van der Waals surface area (Å²) in [5.41, 5.74) is -2.56. The molecular formula is C22H18F3N3O4S. The number of fused-ring (bicyclic) bond motifs is 1. The van der Waals surface area contributed by atoms with Crippen LogP contribution in [0.25, 0.3) is 0 Å². The summed E-state index contributed by atoms with van der Waals surface area (Å²) >= 11 is 5.52. The topological polar surface area (TPSA) is 86.0 Å². The fourth-order valence-electron chi connectivity index (χ4n) is 3.79. The van der Waals surface area contributed by atoms with E-state index in [4.69, 9.17) is 27.0 Å². The number of hydrogen-bond donors (Lipinski definition) is 1. The first kappa shape index (κ1) is 22.8. The third-order valence-corrected chi connectivity index (χ3v) is 5.83. The first-order valence-electron chi connectivity index (χ1n) is 9.83. The van der Waals surface area contributed by atoms with Crippen molar-refractivity contribution in [2.24, 2.45) is 0 Å². The second-order valence-electron chi connectivity index (χ2n) is 8.02. The molecule has 1 amide bonds. The van der Waals surface area contributed by atoms with Gasteiger partial charge in [-0.05, 0) is 56.4 Å². The van der Waals surface area contributed by atoms with E-state index in [0.717, 1.165) is 17.0 Å². The quantitative estimate of drug-likeness (QED) is 0.676. The molecule has 0 bridgehead atoms. The molecule has 11 heteroatoms. The van der Waals surface area contributed by atoms with Crippen molar-refractivity contribution in [1.82, 2.24) is 0 Å². The number of nitriles is 1. The van der Waals surface area contributed by atoms with E-state index < -0.39 is 34.9 Å². The molecule has 2 aromatic rings. The monoisotopic (exact) mass is 477 g/mol. The molecule has 0 spiro atoms. The number of anilines is 2. The van der Waals surface area contributed by atoms with E-state index in [-0.39, 0.29) is 24.0 Å². The van der Waals surface area contributed by atoms with Crippen LogP contribution in [0.3, 0.4) is 0 Å². The Hall–Kier alpha value is -3.36. The molecule has 0 aromatic heterocycles. The highest BCUT2D eigenvalue weighted by atomic mass is 32.1. The fraction of sp³-hybridized carbons (Fsp3) is 0.318. The number of amides is 1. The van der Waals surface area contributed by atoms with Crippen LogP contribution in [0, 0.1) is 11.3 Å². The van der Waals surface area contributed by atoms with E-state index in [1.165, 1.54) is 17.0 Å². The Morgan fingerprint density at radius 3 is 2.55 bits per heavy atom. The number of ether oxygens (including phenoxy) is 2. The zero-order valence-corrected chi connectivity index (χ0v) is 18.3. The van der Waals surface area contributed by atoms with Crippen LogP contribution in [-0.4, -0.2) is 41.0 Å². The summed E-state index contributed by atoms with van der Waals surface area (Å²) in [6.07, 6.45) is -5.33. The minimum atomic E-state index is -4.78. The Balaban J connectivity index is 1.76. The van der Waals surface area contributed by atoms with Crippen LogP contribution in [0.4, 0.5) is 24.5 Å². The van der Waals surface area contributed by atoms with Gasteiger partial charge in [0, 0.05) is 11.8 Å². The number of benzene rings is 2. The molecule has 1 saturated heterocycles. The molecule has 0 unspecified atom stereocenters. The van der Waals surface area contributed by atoms with Gasteiger partial charge in [0.1, 0.15) is 12.1 Å². The lowest BCUT2D eigenvalue weighted by molar-refractivity contribution is -0.137. The third kappa shape index (κ3) is 3.75. The Morgan fingerprint density at radius 1 is 1.21 bits per heavy atom. The normalized spacial score (nSPS) is 19.6. The predicted octanol–water partition coefficient (Wildman–Crippen LogP) is 3.63. The summed E-state index contributed by atoms with van der Waals surface area (Å²) in [4.78, 5) is 15.8. The van der Waals surface area contributed by atoms with Crippen LogP contribution < -0.4 is 19.3 Å². The number of alkyl halides is 3. The lowest BCUT2D eigenvalue weighted by Crippen LogP contribution is -2.44. The van der Waals surface area contributed by atoms with Crippen molar-refractivity contribution in [2.75, 3.05) is 23.0 Å². The maximum Gasteiger partial charge on any atom is 0.417 e. The first-order chi connectivity index (χ1) is 15.5. The molecule has 2 aliphatic heterocycles. The van der Waals surface area contributed by atoms with Gasteiger partial charge in [-0.15, -0.1) is 0 Å². The Kier molecular flexibility index (Phi) is 5.46. The minimum Gasteiger partial charge on any atom is -0.486 e. The number of rotatable bonds is 3. The Morgan fingerprint density at radius 2 is 1.91 bits per heavy atom. The maximum absolute atomic E-state index is 13.5. The van der Waals surface area contributed by atoms with E-state index in [1.54, 1.807) is 32.0 Å². The summed E-state index contributed by atoms with van der Waals surface area (Å²) in [7, 11) is 0. The number of halogens is 3. The molecule has 33 heavy (non-hydrogen) atoms. The molecule has 0 radical (unpaired) electrons. The zero-order valence-electron chi connectivity index (χ0n) is 17.5. The molecule has 2 aromatic carbocycles. The average molecular weight is 477 g/mol. The molecule has 1 fully saturated rings. The van der Waals surface area contributed by atoms with Crippen LogP contribution >= 0.6 is 12.2 Å². The second-order valence-corrected chi connectivity index (χ2v) is 8.39. The van der Waals surface area contributed by atoms with Gasteiger partial charge in [-0.2, -0.15) is 18.4 Å². The number of aliphatic hydroxyl groups excluding tert-OH is 1. The van der Waals surface area contributed by atoms with Gasteiger partial charge in [-0.1, -0.05) is 0 Å². The Labute approximate surface area is 192 Å². The highest BCUT2D eigenvalue weighted by Crippen LogP contribution is 2.42. The van der Waals surface area contributed by atoms with Crippen molar-refractivity contribution in [3.63, 3.8) is 0 Å². The van der Waals surface area contributed by atoms with Crippen molar-refractivity contribution in [3.05, 3.63) is 47.5 Å². The average Bonchev–Trinajstić information content (AvgIpc) is 2.95. The number of aliphatic hydroxyl groups is 1. The van der Waals surface area contributed by atoms with Crippen LogP contribution in [0.1, 0.15) is 25.0 Å². The van der Waals surface area contributed by atoms with E-state index in [1.807, 2.05) is 0 Å². The molecule has 7 nitrogen and oxygen atoms in total. The molecule has 2 heterocycles. The van der Waals surface area contributed by atoms with E-state index >= 15 is 0 Å². The van der Waals surface area contributed by atoms with Crippen LogP contribution in [0.2, 0.25) is 0 Å². The third-order valence-electron chi connectivity index (χ3n) is 5.46. The minimum absolute atomic E-state index is 0.0294. The highest BCUT2D eigenvalue weighted by molar-refractivity contribution is 7.81. The van der Waals surface area contributed by atoms with E-state index in [0.29, 0.717) is 17.2 Å².